The third kappa shape index (κ3) is 3.03. The van der Waals surface area contributed by atoms with Gasteiger partial charge in [-0.05, 0) is 18.1 Å². The topological polar surface area (TPSA) is 45.1 Å². The van der Waals surface area contributed by atoms with E-state index in [1.165, 1.54) is 0 Å². The molecule has 0 saturated carbocycles. The summed E-state index contributed by atoms with van der Waals surface area (Å²) in [6.45, 7) is 4.31. The van der Waals surface area contributed by atoms with Crippen LogP contribution in [0, 0.1) is 5.92 Å². The van der Waals surface area contributed by atoms with Gasteiger partial charge in [-0.3, -0.25) is 4.98 Å². The minimum atomic E-state index is 0.113. The first-order valence-electron chi connectivity index (χ1n) is 4.51. The summed E-state index contributed by atoms with van der Waals surface area (Å²) in [4.78, 5) is 3.92. The molecule has 1 aromatic heterocycles. The van der Waals surface area contributed by atoms with Crippen molar-refractivity contribution < 1.29 is 5.11 Å². The standard InChI is InChI=1S/C10H16N2O/c1-8(2)10(7-13)12-9-3-5-11-6-4-9/h3-6,8,10,13H,7H2,1-2H3,(H,11,12). The number of hydrogen-bond acceptors (Lipinski definition) is 3. The Balaban J connectivity index is 2.57. The number of rotatable bonds is 4. The van der Waals surface area contributed by atoms with E-state index in [0.717, 1.165) is 5.69 Å². The number of hydrogen-bond donors (Lipinski definition) is 2. The quantitative estimate of drug-likeness (QED) is 0.738. The minimum Gasteiger partial charge on any atom is -0.394 e. The van der Waals surface area contributed by atoms with Crippen molar-refractivity contribution in [1.29, 1.82) is 0 Å². The van der Waals surface area contributed by atoms with Crippen molar-refractivity contribution in [3.63, 3.8) is 0 Å². The smallest absolute Gasteiger partial charge is 0.0635 e. The molecular weight excluding hydrogens is 164 g/mol. The van der Waals surface area contributed by atoms with Gasteiger partial charge in [-0.25, -0.2) is 0 Å². The van der Waals surface area contributed by atoms with Crippen LogP contribution in [0.25, 0.3) is 0 Å². The summed E-state index contributed by atoms with van der Waals surface area (Å²) in [7, 11) is 0. The lowest BCUT2D eigenvalue weighted by Crippen LogP contribution is -2.29. The van der Waals surface area contributed by atoms with Gasteiger partial charge in [0.15, 0.2) is 0 Å². The Morgan fingerprint density at radius 3 is 2.46 bits per heavy atom. The second kappa shape index (κ2) is 4.82. The van der Waals surface area contributed by atoms with Crippen molar-refractivity contribution in [2.75, 3.05) is 11.9 Å². The van der Waals surface area contributed by atoms with Gasteiger partial charge in [0.25, 0.3) is 0 Å². The highest BCUT2D eigenvalue weighted by Crippen LogP contribution is 2.10. The zero-order valence-corrected chi connectivity index (χ0v) is 8.07. The third-order valence-electron chi connectivity index (χ3n) is 2.03. The van der Waals surface area contributed by atoms with E-state index in [0.29, 0.717) is 5.92 Å². The molecule has 72 valence electrons. The van der Waals surface area contributed by atoms with E-state index in [1.54, 1.807) is 12.4 Å². The van der Waals surface area contributed by atoms with Crippen molar-refractivity contribution in [2.45, 2.75) is 19.9 Å². The van der Waals surface area contributed by atoms with Crippen molar-refractivity contribution in [2.24, 2.45) is 5.92 Å². The summed E-state index contributed by atoms with van der Waals surface area (Å²) in [5, 5.41) is 12.3. The average molecular weight is 180 g/mol. The second-order valence-corrected chi connectivity index (χ2v) is 3.41. The van der Waals surface area contributed by atoms with Gasteiger partial charge in [-0.2, -0.15) is 0 Å². The molecule has 2 N–H and O–H groups in total. The van der Waals surface area contributed by atoms with Crippen LogP contribution in [0.3, 0.4) is 0 Å². The molecule has 0 aliphatic rings. The molecular formula is C10H16N2O. The Hall–Kier alpha value is -1.09. The number of aliphatic hydroxyl groups excluding tert-OH is 1. The highest BCUT2D eigenvalue weighted by Gasteiger charge is 2.10. The maximum atomic E-state index is 9.08. The normalized spacial score (nSPS) is 12.9. The average Bonchev–Trinajstić information content (AvgIpc) is 2.15. The summed E-state index contributed by atoms with van der Waals surface area (Å²) < 4.78 is 0. The van der Waals surface area contributed by atoms with E-state index in [2.05, 4.69) is 24.1 Å². The van der Waals surface area contributed by atoms with Gasteiger partial charge in [0.2, 0.25) is 0 Å². The largest absolute Gasteiger partial charge is 0.394 e. The summed E-state index contributed by atoms with van der Waals surface area (Å²) in [6.07, 6.45) is 3.47. The van der Waals surface area contributed by atoms with Crippen LogP contribution in [0.5, 0.6) is 0 Å². The zero-order chi connectivity index (χ0) is 9.68. The molecule has 1 atom stereocenters. The number of nitrogens with zero attached hydrogens (tertiary/aromatic N) is 1. The van der Waals surface area contributed by atoms with Gasteiger partial charge in [-0.1, -0.05) is 13.8 Å². The number of pyridine rings is 1. The number of anilines is 1. The van der Waals surface area contributed by atoms with E-state index in [4.69, 9.17) is 5.11 Å². The number of nitrogens with one attached hydrogen (secondary N) is 1. The fourth-order valence-electron chi connectivity index (χ4n) is 1.09. The fraction of sp³-hybridized carbons (Fsp3) is 0.500. The molecule has 0 fully saturated rings. The SMILES string of the molecule is CC(C)C(CO)Nc1ccncc1. The van der Waals surface area contributed by atoms with Crippen molar-refractivity contribution in [3.05, 3.63) is 24.5 Å². The van der Waals surface area contributed by atoms with Gasteiger partial charge in [0.05, 0.1) is 12.6 Å². The van der Waals surface area contributed by atoms with Crippen LogP contribution >= 0.6 is 0 Å². The first kappa shape index (κ1) is 9.99. The molecule has 0 bridgehead atoms. The predicted molar refractivity (Wildman–Crippen MR) is 53.6 cm³/mol. The molecule has 0 aliphatic heterocycles. The highest BCUT2D eigenvalue weighted by molar-refractivity contribution is 5.41. The highest BCUT2D eigenvalue weighted by atomic mass is 16.3. The molecule has 0 radical (unpaired) electrons. The summed E-state index contributed by atoms with van der Waals surface area (Å²) in [5.74, 6) is 0.415. The van der Waals surface area contributed by atoms with Crippen LogP contribution in [0.4, 0.5) is 5.69 Å². The van der Waals surface area contributed by atoms with E-state index >= 15 is 0 Å². The molecule has 1 rings (SSSR count). The maximum Gasteiger partial charge on any atom is 0.0635 e. The van der Waals surface area contributed by atoms with Crippen molar-refractivity contribution in [1.82, 2.24) is 4.98 Å². The van der Waals surface area contributed by atoms with Crippen LogP contribution < -0.4 is 5.32 Å². The summed E-state index contributed by atoms with van der Waals surface area (Å²) >= 11 is 0. The Morgan fingerprint density at radius 2 is 2.00 bits per heavy atom. The van der Waals surface area contributed by atoms with Crippen LogP contribution in [0.2, 0.25) is 0 Å². The second-order valence-electron chi connectivity index (χ2n) is 3.41. The lowest BCUT2D eigenvalue weighted by molar-refractivity contribution is 0.249. The van der Waals surface area contributed by atoms with E-state index in [1.807, 2.05) is 12.1 Å². The Kier molecular flexibility index (Phi) is 3.71. The zero-order valence-electron chi connectivity index (χ0n) is 8.07. The van der Waals surface area contributed by atoms with Gasteiger partial charge in [0.1, 0.15) is 0 Å². The Labute approximate surface area is 78.8 Å². The van der Waals surface area contributed by atoms with Crippen LogP contribution in [0.15, 0.2) is 24.5 Å². The summed E-state index contributed by atoms with van der Waals surface area (Å²) in [6, 6.07) is 3.90. The molecule has 0 aromatic carbocycles. The molecule has 0 amide bonds. The van der Waals surface area contributed by atoms with Crippen LogP contribution in [-0.2, 0) is 0 Å². The molecule has 0 aliphatic carbocycles. The van der Waals surface area contributed by atoms with E-state index in [-0.39, 0.29) is 12.6 Å². The van der Waals surface area contributed by atoms with Crippen molar-refractivity contribution in [3.8, 4) is 0 Å². The third-order valence-corrected chi connectivity index (χ3v) is 2.03. The molecule has 13 heavy (non-hydrogen) atoms. The Bertz CT molecular complexity index is 236. The lowest BCUT2D eigenvalue weighted by atomic mass is 10.1. The van der Waals surface area contributed by atoms with Gasteiger partial charge in [-0.15, -0.1) is 0 Å². The van der Waals surface area contributed by atoms with Gasteiger partial charge in [0, 0.05) is 18.1 Å². The monoisotopic (exact) mass is 180 g/mol. The molecule has 0 spiro atoms. The van der Waals surface area contributed by atoms with Crippen molar-refractivity contribution >= 4 is 5.69 Å². The molecule has 0 saturated heterocycles. The molecule has 1 heterocycles. The first-order chi connectivity index (χ1) is 6.24. The van der Waals surface area contributed by atoms with E-state index < -0.39 is 0 Å². The van der Waals surface area contributed by atoms with Crippen LogP contribution in [0.1, 0.15) is 13.8 Å². The lowest BCUT2D eigenvalue weighted by Gasteiger charge is -2.20. The molecule has 1 unspecified atom stereocenters. The fourth-order valence-corrected chi connectivity index (χ4v) is 1.09. The maximum absolute atomic E-state index is 9.08. The van der Waals surface area contributed by atoms with Gasteiger partial charge >= 0.3 is 0 Å². The molecule has 3 nitrogen and oxygen atoms in total. The first-order valence-corrected chi connectivity index (χ1v) is 4.51. The molecule has 3 heteroatoms. The Morgan fingerprint density at radius 1 is 1.38 bits per heavy atom. The predicted octanol–water partition coefficient (Wildman–Crippen LogP) is 1.51. The number of aliphatic hydroxyl groups is 1. The summed E-state index contributed by atoms with van der Waals surface area (Å²) in [5.41, 5.74) is 1.00. The molecule has 1 aromatic rings. The van der Waals surface area contributed by atoms with E-state index in [9.17, 15) is 0 Å². The van der Waals surface area contributed by atoms with Crippen LogP contribution in [-0.4, -0.2) is 22.7 Å². The minimum absolute atomic E-state index is 0.113. The number of aromatic nitrogens is 1. The van der Waals surface area contributed by atoms with Gasteiger partial charge < -0.3 is 10.4 Å².